The molecular weight excluding hydrogens is 479 g/mol. The van der Waals surface area contributed by atoms with E-state index in [9.17, 15) is 35.5 Å². The number of nitrogens with zero attached hydrogens (tertiary/aromatic N) is 3. The first kappa shape index (κ1) is 24.2. The summed E-state index contributed by atoms with van der Waals surface area (Å²) in [4.78, 5) is 25.0. The first-order valence-electron chi connectivity index (χ1n) is 10.1. The lowest BCUT2D eigenvalue weighted by Crippen LogP contribution is -2.18. The van der Waals surface area contributed by atoms with Gasteiger partial charge in [0.25, 0.3) is 0 Å². The van der Waals surface area contributed by atoms with Crippen molar-refractivity contribution in [2.45, 2.75) is 24.7 Å². The van der Waals surface area contributed by atoms with Crippen LogP contribution in [0, 0.1) is 5.82 Å². The second-order valence-corrected chi connectivity index (χ2v) is 7.60. The van der Waals surface area contributed by atoms with Gasteiger partial charge >= 0.3 is 12.4 Å². The summed E-state index contributed by atoms with van der Waals surface area (Å²) in [6, 6.07) is 9.78. The number of hydrogen-bond donors (Lipinski definition) is 0. The van der Waals surface area contributed by atoms with Gasteiger partial charge in [0.05, 0.1) is 16.8 Å². The first-order chi connectivity index (χ1) is 16.4. The van der Waals surface area contributed by atoms with Crippen LogP contribution < -0.4 is 0 Å². The minimum atomic E-state index is -5.00. The molecule has 0 aliphatic rings. The van der Waals surface area contributed by atoms with Crippen LogP contribution in [0.15, 0.2) is 67.0 Å². The summed E-state index contributed by atoms with van der Waals surface area (Å²) in [5, 5.41) is 0.620. The van der Waals surface area contributed by atoms with Crippen LogP contribution >= 0.6 is 0 Å². The number of benzene rings is 1. The van der Waals surface area contributed by atoms with Crippen molar-refractivity contribution < 1.29 is 35.5 Å². The van der Waals surface area contributed by atoms with Crippen LogP contribution in [0.1, 0.15) is 45.2 Å². The maximum atomic E-state index is 14.3. The molecule has 1 aromatic carbocycles. The van der Waals surface area contributed by atoms with Crippen molar-refractivity contribution in [1.29, 1.82) is 0 Å². The smallest absolute Gasteiger partial charge is 0.292 e. The van der Waals surface area contributed by atoms with Crippen LogP contribution in [-0.4, -0.2) is 20.7 Å². The molecule has 4 aromatic rings. The van der Waals surface area contributed by atoms with E-state index in [1.165, 1.54) is 12.3 Å². The molecule has 0 radical (unpaired) electrons. The highest BCUT2D eigenvalue weighted by molar-refractivity contribution is 5.96. The monoisotopic (exact) mass is 493 g/mol. The minimum Gasteiger partial charge on any atom is -0.292 e. The predicted molar refractivity (Wildman–Crippen MR) is 111 cm³/mol. The predicted octanol–water partition coefficient (Wildman–Crippen LogP) is 6.61. The molecule has 0 bridgehead atoms. The summed E-state index contributed by atoms with van der Waals surface area (Å²) in [5.74, 6) is -3.90. The average Bonchev–Trinajstić information content (AvgIpc) is 2.80. The van der Waals surface area contributed by atoms with Crippen LogP contribution in [-0.2, 0) is 12.4 Å². The zero-order valence-corrected chi connectivity index (χ0v) is 17.5. The molecule has 0 aliphatic heterocycles. The fraction of sp³-hybridized carbons (Fsp3) is 0.167. The molecule has 0 N–H and O–H groups in total. The third kappa shape index (κ3) is 5.13. The van der Waals surface area contributed by atoms with Gasteiger partial charge in [0, 0.05) is 30.1 Å². The summed E-state index contributed by atoms with van der Waals surface area (Å²) < 4.78 is 94.4. The lowest BCUT2D eigenvalue weighted by atomic mass is 9.86. The highest BCUT2D eigenvalue weighted by Gasteiger charge is 2.38. The van der Waals surface area contributed by atoms with Gasteiger partial charge in [-0.2, -0.15) is 26.3 Å². The van der Waals surface area contributed by atoms with Crippen molar-refractivity contribution in [2.75, 3.05) is 0 Å². The third-order valence-electron chi connectivity index (χ3n) is 5.31. The molecule has 11 heteroatoms. The van der Waals surface area contributed by atoms with Crippen LogP contribution in [0.4, 0.5) is 30.7 Å². The van der Waals surface area contributed by atoms with Gasteiger partial charge in [-0.15, -0.1) is 0 Å². The van der Waals surface area contributed by atoms with Crippen molar-refractivity contribution in [3.05, 3.63) is 101 Å². The van der Waals surface area contributed by atoms with Gasteiger partial charge in [0.15, 0.2) is 11.4 Å². The third-order valence-corrected chi connectivity index (χ3v) is 5.31. The Morgan fingerprint density at radius 1 is 0.829 bits per heavy atom. The maximum Gasteiger partial charge on any atom is 0.419 e. The van der Waals surface area contributed by atoms with Gasteiger partial charge in [0.1, 0.15) is 11.5 Å². The van der Waals surface area contributed by atoms with Gasteiger partial charge < -0.3 is 0 Å². The van der Waals surface area contributed by atoms with Gasteiger partial charge in [-0.25, -0.2) is 14.4 Å². The average molecular weight is 493 g/mol. The van der Waals surface area contributed by atoms with E-state index in [0.717, 1.165) is 24.4 Å². The van der Waals surface area contributed by atoms with Crippen LogP contribution in [0.5, 0.6) is 0 Å². The molecule has 0 saturated carbocycles. The molecule has 1 atom stereocenters. The number of ketones is 1. The van der Waals surface area contributed by atoms with E-state index in [4.69, 9.17) is 0 Å². The number of aromatic nitrogens is 3. The molecule has 0 fully saturated rings. The standard InChI is InChI=1S/C24H14F7N3O/c25-18-11-14(5-7-16(18)23(26,27)28)15(21-17(24(29,30)31)4-2-9-32-21)12-20(35)19-8-6-13-3-1-10-33-22(13)34-19/h1-11,15H,12H2/t15-/m0/s1. The quantitative estimate of drug-likeness (QED) is 0.232. The molecule has 4 rings (SSSR count). The van der Waals surface area contributed by atoms with Crippen molar-refractivity contribution in [1.82, 2.24) is 15.0 Å². The molecule has 0 aliphatic carbocycles. The zero-order valence-electron chi connectivity index (χ0n) is 17.5. The lowest BCUT2D eigenvalue weighted by Gasteiger charge is -2.21. The van der Waals surface area contributed by atoms with Crippen LogP contribution in [0.2, 0.25) is 0 Å². The van der Waals surface area contributed by atoms with E-state index >= 15 is 0 Å². The van der Waals surface area contributed by atoms with Crippen LogP contribution in [0.3, 0.4) is 0 Å². The number of carbonyl (C=O) groups is 1. The van der Waals surface area contributed by atoms with Crippen molar-refractivity contribution in [3.8, 4) is 0 Å². The van der Waals surface area contributed by atoms with Gasteiger partial charge in [0.2, 0.25) is 0 Å². The zero-order chi connectivity index (χ0) is 25.4. The van der Waals surface area contributed by atoms with Gasteiger partial charge in [-0.3, -0.25) is 9.78 Å². The number of Topliss-reactive ketones (excluding diaryl/α,β-unsaturated/α-hetero) is 1. The van der Waals surface area contributed by atoms with Crippen molar-refractivity contribution in [2.24, 2.45) is 0 Å². The molecule has 0 spiro atoms. The van der Waals surface area contributed by atoms with E-state index in [1.807, 2.05) is 0 Å². The number of pyridine rings is 3. The molecular formula is C24H14F7N3O. The molecule has 0 unspecified atom stereocenters. The Balaban J connectivity index is 1.81. The SMILES string of the molecule is O=C(C[C@@H](c1ccc(C(F)(F)F)c(F)c1)c1ncccc1C(F)(F)F)c1ccc2cccnc2n1. The summed E-state index contributed by atoms with van der Waals surface area (Å²) in [5.41, 5.74) is -3.54. The number of fused-ring (bicyclic) bond motifs is 1. The Hall–Kier alpha value is -3.89. The van der Waals surface area contributed by atoms with Gasteiger partial charge in [-0.05, 0) is 54.1 Å². The molecule has 4 nitrogen and oxygen atoms in total. The van der Waals surface area contributed by atoms with E-state index in [-0.39, 0.29) is 16.9 Å². The molecule has 3 aromatic heterocycles. The number of carbonyl (C=O) groups excluding carboxylic acids is 1. The van der Waals surface area contributed by atoms with E-state index in [0.29, 0.717) is 17.5 Å². The molecule has 0 saturated heterocycles. The fourth-order valence-corrected chi connectivity index (χ4v) is 3.68. The molecule has 0 amide bonds. The summed E-state index contributed by atoms with van der Waals surface area (Å²) in [7, 11) is 0. The van der Waals surface area contributed by atoms with Gasteiger partial charge in [-0.1, -0.05) is 6.07 Å². The molecule has 180 valence electrons. The Bertz CT molecular complexity index is 1400. The Kier molecular flexibility index (Phi) is 6.27. The Morgan fingerprint density at radius 3 is 2.20 bits per heavy atom. The maximum absolute atomic E-state index is 14.3. The molecule has 3 heterocycles. The van der Waals surface area contributed by atoms with E-state index < -0.39 is 53.1 Å². The topological polar surface area (TPSA) is 55.7 Å². The highest BCUT2D eigenvalue weighted by atomic mass is 19.4. The van der Waals surface area contributed by atoms with E-state index in [1.54, 1.807) is 18.2 Å². The lowest BCUT2D eigenvalue weighted by molar-refractivity contribution is -0.140. The highest BCUT2D eigenvalue weighted by Crippen LogP contribution is 2.40. The normalized spacial score (nSPS) is 13.1. The largest absolute Gasteiger partial charge is 0.419 e. The number of alkyl halides is 6. The Labute approximate surface area is 193 Å². The second kappa shape index (κ2) is 9.05. The summed E-state index contributed by atoms with van der Waals surface area (Å²) >= 11 is 0. The fourth-order valence-electron chi connectivity index (χ4n) is 3.68. The van der Waals surface area contributed by atoms with Crippen molar-refractivity contribution in [3.63, 3.8) is 0 Å². The summed E-state index contributed by atoms with van der Waals surface area (Å²) in [6.07, 6.45) is -8.03. The van der Waals surface area contributed by atoms with Crippen LogP contribution in [0.25, 0.3) is 11.0 Å². The van der Waals surface area contributed by atoms with E-state index in [2.05, 4.69) is 15.0 Å². The van der Waals surface area contributed by atoms with Crippen molar-refractivity contribution >= 4 is 16.8 Å². The number of rotatable bonds is 5. The molecule has 35 heavy (non-hydrogen) atoms. The summed E-state index contributed by atoms with van der Waals surface area (Å²) in [6.45, 7) is 0. The Morgan fingerprint density at radius 2 is 1.51 bits per heavy atom. The first-order valence-corrected chi connectivity index (χ1v) is 10.1. The number of halogens is 7. The number of hydrogen-bond acceptors (Lipinski definition) is 4. The second-order valence-electron chi connectivity index (χ2n) is 7.60. The minimum absolute atomic E-state index is 0.113.